The molecule has 0 aliphatic heterocycles. The van der Waals surface area contributed by atoms with E-state index in [2.05, 4.69) is 19.2 Å². The van der Waals surface area contributed by atoms with E-state index in [9.17, 15) is 9.59 Å². The summed E-state index contributed by atoms with van der Waals surface area (Å²) in [5, 5.41) is 3.63. The van der Waals surface area contributed by atoms with Crippen molar-refractivity contribution in [3.05, 3.63) is 63.6 Å². The molecule has 0 fully saturated rings. The number of likely N-dealkylation sites (N-methyl/N-ethyl adjacent to an activating group) is 1. The molecule has 0 bridgehead atoms. The average molecular weight is 451 g/mol. The highest BCUT2D eigenvalue weighted by molar-refractivity contribution is 6.36. The van der Waals surface area contributed by atoms with Crippen molar-refractivity contribution < 1.29 is 14.3 Å². The van der Waals surface area contributed by atoms with Gasteiger partial charge in [-0.1, -0.05) is 61.3 Å². The third kappa shape index (κ3) is 6.13. The van der Waals surface area contributed by atoms with Gasteiger partial charge in [-0.15, -0.1) is 0 Å². The minimum Gasteiger partial charge on any atom is -0.483 e. The Balaban J connectivity index is 2.25. The number of ether oxygens (including phenoxy) is 1. The lowest BCUT2D eigenvalue weighted by Crippen LogP contribution is -2.49. The zero-order valence-corrected chi connectivity index (χ0v) is 19.3. The Morgan fingerprint density at radius 3 is 2.27 bits per heavy atom. The quantitative estimate of drug-likeness (QED) is 0.581. The van der Waals surface area contributed by atoms with Gasteiger partial charge in [0.15, 0.2) is 6.61 Å². The molecule has 1 N–H and O–H groups in total. The van der Waals surface area contributed by atoms with Gasteiger partial charge in [0.25, 0.3) is 5.91 Å². The number of benzene rings is 2. The lowest BCUT2D eigenvalue weighted by atomic mass is 10.0. The van der Waals surface area contributed by atoms with Crippen LogP contribution in [0.3, 0.4) is 0 Å². The van der Waals surface area contributed by atoms with Crippen LogP contribution in [-0.4, -0.2) is 35.9 Å². The second-order valence-electron chi connectivity index (χ2n) is 7.27. The van der Waals surface area contributed by atoms with Crippen LogP contribution in [0.5, 0.6) is 5.75 Å². The molecule has 0 aliphatic rings. The first-order valence-electron chi connectivity index (χ1n) is 9.98. The summed E-state index contributed by atoms with van der Waals surface area (Å²) in [7, 11) is 0. The number of rotatable bonds is 9. The van der Waals surface area contributed by atoms with Crippen molar-refractivity contribution in [3.8, 4) is 5.75 Å². The number of halogens is 2. The Kier molecular flexibility index (Phi) is 9.00. The smallest absolute Gasteiger partial charge is 0.261 e. The number of hydrogen-bond acceptors (Lipinski definition) is 3. The summed E-state index contributed by atoms with van der Waals surface area (Å²) in [6, 6.07) is 12.0. The van der Waals surface area contributed by atoms with Gasteiger partial charge in [-0.3, -0.25) is 9.59 Å². The third-order valence-electron chi connectivity index (χ3n) is 4.80. The van der Waals surface area contributed by atoms with Gasteiger partial charge in [0.05, 0.1) is 0 Å². The molecular weight excluding hydrogens is 423 g/mol. The van der Waals surface area contributed by atoms with E-state index in [1.165, 1.54) is 4.90 Å². The van der Waals surface area contributed by atoms with Crippen molar-refractivity contribution >= 4 is 35.0 Å². The monoisotopic (exact) mass is 450 g/mol. The number of carbonyl (C=O) groups is 2. The van der Waals surface area contributed by atoms with Crippen molar-refractivity contribution in [3.63, 3.8) is 0 Å². The minimum absolute atomic E-state index is 0.102. The van der Waals surface area contributed by atoms with E-state index < -0.39 is 6.04 Å². The van der Waals surface area contributed by atoms with Gasteiger partial charge in [0.1, 0.15) is 11.8 Å². The molecule has 2 aromatic carbocycles. The second kappa shape index (κ2) is 11.2. The van der Waals surface area contributed by atoms with Crippen LogP contribution < -0.4 is 10.1 Å². The zero-order chi connectivity index (χ0) is 22.3. The molecule has 162 valence electrons. The molecule has 7 heteroatoms. The number of para-hydroxylation sites is 1. The number of amides is 2. The first-order chi connectivity index (χ1) is 14.3. The maximum Gasteiger partial charge on any atom is 0.261 e. The molecule has 1 atom stereocenters. The summed E-state index contributed by atoms with van der Waals surface area (Å²) in [5.74, 6) is 0.325. The fraction of sp³-hybridized carbons (Fsp3) is 0.391. The normalized spacial score (nSPS) is 11.8. The molecule has 0 saturated heterocycles. The first kappa shape index (κ1) is 24.0. The number of nitrogens with zero attached hydrogens (tertiary/aromatic N) is 1. The fourth-order valence-electron chi connectivity index (χ4n) is 3.07. The SMILES string of the molecule is CCNC(=O)C(C)N(Cc1c(Cl)cccc1Cl)C(=O)COc1ccccc1C(C)C. The summed E-state index contributed by atoms with van der Waals surface area (Å²) in [6.07, 6.45) is 0. The Morgan fingerprint density at radius 1 is 1.03 bits per heavy atom. The molecule has 0 saturated carbocycles. The molecule has 2 aromatic rings. The van der Waals surface area contributed by atoms with E-state index in [4.69, 9.17) is 27.9 Å². The van der Waals surface area contributed by atoms with Crippen LogP contribution in [0.1, 0.15) is 44.7 Å². The summed E-state index contributed by atoms with van der Waals surface area (Å²) in [6.45, 7) is 8.00. The number of nitrogens with one attached hydrogen (secondary N) is 1. The van der Waals surface area contributed by atoms with Crippen LogP contribution in [0.25, 0.3) is 0 Å². The van der Waals surface area contributed by atoms with Crippen molar-refractivity contribution in [1.82, 2.24) is 10.2 Å². The van der Waals surface area contributed by atoms with E-state index in [0.717, 1.165) is 5.56 Å². The minimum atomic E-state index is -0.714. The fourth-order valence-corrected chi connectivity index (χ4v) is 3.59. The first-order valence-corrected chi connectivity index (χ1v) is 10.7. The van der Waals surface area contributed by atoms with Crippen LogP contribution >= 0.6 is 23.2 Å². The topological polar surface area (TPSA) is 58.6 Å². The number of hydrogen-bond donors (Lipinski definition) is 1. The van der Waals surface area contributed by atoms with Crippen LogP contribution in [0.15, 0.2) is 42.5 Å². The van der Waals surface area contributed by atoms with Gasteiger partial charge in [-0.2, -0.15) is 0 Å². The molecule has 2 rings (SSSR count). The van der Waals surface area contributed by atoms with E-state index in [1.807, 2.05) is 31.2 Å². The van der Waals surface area contributed by atoms with E-state index in [-0.39, 0.29) is 30.9 Å². The molecule has 30 heavy (non-hydrogen) atoms. The Labute approximate surface area is 188 Å². The van der Waals surface area contributed by atoms with Crippen molar-refractivity contribution in [2.75, 3.05) is 13.2 Å². The molecule has 0 spiro atoms. The van der Waals surface area contributed by atoms with Gasteiger partial charge < -0.3 is 15.0 Å². The maximum absolute atomic E-state index is 13.1. The van der Waals surface area contributed by atoms with E-state index in [1.54, 1.807) is 25.1 Å². The van der Waals surface area contributed by atoms with Crippen LogP contribution in [-0.2, 0) is 16.1 Å². The van der Waals surface area contributed by atoms with Gasteiger partial charge in [-0.05, 0) is 43.5 Å². The Morgan fingerprint density at radius 2 is 1.67 bits per heavy atom. The molecule has 0 aliphatic carbocycles. The highest BCUT2D eigenvalue weighted by Gasteiger charge is 2.27. The maximum atomic E-state index is 13.1. The van der Waals surface area contributed by atoms with Gasteiger partial charge in [0.2, 0.25) is 5.91 Å². The zero-order valence-electron chi connectivity index (χ0n) is 17.7. The second-order valence-corrected chi connectivity index (χ2v) is 8.09. The lowest BCUT2D eigenvalue weighted by Gasteiger charge is -2.29. The molecule has 2 amide bonds. The molecule has 0 heterocycles. The highest BCUT2D eigenvalue weighted by atomic mass is 35.5. The molecule has 0 radical (unpaired) electrons. The summed E-state index contributed by atoms with van der Waals surface area (Å²) >= 11 is 12.6. The highest BCUT2D eigenvalue weighted by Crippen LogP contribution is 2.28. The number of carbonyl (C=O) groups excluding carboxylic acids is 2. The third-order valence-corrected chi connectivity index (χ3v) is 5.51. The summed E-state index contributed by atoms with van der Waals surface area (Å²) in [4.78, 5) is 27.0. The summed E-state index contributed by atoms with van der Waals surface area (Å²) in [5.41, 5.74) is 1.61. The predicted octanol–water partition coefficient (Wildman–Crippen LogP) is 5.05. The molecule has 1 unspecified atom stereocenters. The Bertz CT molecular complexity index is 866. The largest absolute Gasteiger partial charge is 0.483 e. The molecule has 0 aromatic heterocycles. The van der Waals surface area contributed by atoms with Crippen LogP contribution in [0.4, 0.5) is 0 Å². The standard InChI is InChI=1S/C23H28Cl2N2O3/c1-5-26-23(29)16(4)27(13-18-19(24)10-8-11-20(18)25)22(28)14-30-21-12-7-6-9-17(21)15(2)3/h6-12,15-16H,5,13-14H2,1-4H3,(H,26,29). The van der Waals surface area contributed by atoms with E-state index in [0.29, 0.717) is 27.9 Å². The lowest BCUT2D eigenvalue weighted by molar-refractivity contribution is -0.142. The Hall–Kier alpha value is -2.24. The van der Waals surface area contributed by atoms with Crippen LogP contribution in [0.2, 0.25) is 10.0 Å². The van der Waals surface area contributed by atoms with Gasteiger partial charge >= 0.3 is 0 Å². The van der Waals surface area contributed by atoms with Crippen molar-refractivity contribution in [2.24, 2.45) is 0 Å². The van der Waals surface area contributed by atoms with Gasteiger partial charge in [0, 0.05) is 28.7 Å². The van der Waals surface area contributed by atoms with Gasteiger partial charge in [-0.25, -0.2) is 0 Å². The van der Waals surface area contributed by atoms with Crippen molar-refractivity contribution in [1.29, 1.82) is 0 Å². The van der Waals surface area contributed by atoms with Crippen LogP contribution in [0, 0.1) is 0 Å². The predicted molar refractivity (Wildman–Crippen MR) is 121 cm³/mol. The van der Waals surface area contributed by atoms with E-state index >= 15 is 0 Å². The summed E-state index contributed by atoms with van der Waals surface area (Å²) < 4.78 is 5.84. The molecular formula is C23H28Cl2N2O3. The van der Waals surface area contributed by atoms with Crippen molar-refractivity contribution in [2.45, 2.75) is 46.2 Å². The average Bonchev–Trinajstić information content (AvgIpc) is 2.71. The molecule has 5 nitrogen and oxygen atoms in total.